The maximum Gasteiger partial charge on any atom is 0.216 e. The Labute approximate surface area is 117 Å². The average Bonchev–Trinajstić information content (AvgIpc) is 2.73. The van der Waals surface area contributed by atoms with Gasteiger partial charge in [0.25, 0.3) is 0 Å². The van der Waals surface area contributed by atoms with Crippen LogP contribution in [0.25, 0.3) is 10.9 Å². The zero-order chi connectivity index (χ0) is 14.0. The molecule has 2 aromatic rings. The standard InChI is InChI=1S/C14H18ClN3O/c1-9(7-16-10(2)19)6-11-4-5-13(15)14-12(11)8-18(3)17-14/h4-5,8-9H,6-7H2,1-3H3,(H,16,19). The summed E-state index contributed by atoms with van der Waals surface area (Å²) in [5.41, 5.74) is 2.05. The number of hydrogen-bond donors (Lipinski definition) is 1. The number of halogens is 1. The van der Waals surface area contributed by atoms with Gasteiger partial charge in [0, 0.05) is 32.1 Å². The predicted octanol–water partition coefficient (Wildman–Crippen LogP) is 2.54. The van der Waals surface area contributed by atoms with E-state index in [2.05, 4.69) is 17.3 Å². The molecule has 1 aromatic heterocycles. The first kappa shape index (κ1) is 13.9. The Morgan fingerprint density at radius 3 is 2.95 bits per heavy atom. The second-order valence-corrected chi connectivity index (χ2v) is 5.43. The van der Waals surface area contributed by atoms with Gasteiger partial charge in [0.1, 0.15) is 5.52 Å². The van der Waals surface area contributed by atoms with Crippen LogP contribution < -0.4 is 5.32 Å². The molecule has 19 heavy (non-hydrogen) atoms. The van der Waals surface area contributed by atoms with E-state index < -0.39 is 0 Å². The van der Waals surface area contributed by atoms with Crippen molar-refractivity contribution in [3.63, 3.8) is 0 Å². The van der Waals surface area contributed by atoms with Crippen LogP contribution in [-0.4, -0.2) is 22.2 Å². The van der Waals surface area contributed by atoms with Gasteiger partial charge in [-0.05, 0) is 24.0 Å². The Bertz CT molecular complexity index is 606. The fourth-order valence-electron chi connectivity index (χ4n) is 2.19. The quantitative estimate of drug-likeness (QED) is 0.935. The van der Waals surface area contributed by atoms with Crippen LogP contribution in [0.4, 0.5) is 0 Å². The molecule has 1 atom stereocenters. The van der Waals surface area contributed by atoms with E-state index >= 15 is 0 Å². The zero-order valence-corrected chi connectivity index (χ0v) is 12.2. The summed E-state index contributed by atoms with van der Waals surface area (Å²) in [6, 6.07) is 3.92. The van der Waals surface area contributed by atoms with Gasteiger partial charge in [-0.3, -0.25) is 9.48 Å². The Hall–Kier alpha value is -1.55. The molecule has 1 N–H and O–H groups in total. The smallest absolute Gasteiger partial charge is 0.216 e. The molecule has 102 valence electrons. The number of carbonyl (C=O) groups is 1. The SMILES string of the molecule is CC(=O)NCC(C)Cc1ccc(Cl)c2nn(C)cc12. The van der Waals surface area contributed by atoms with Crippen LogP contribution >= 0.6 is 11.6 Å². The number of fused-ring (bicyclic) bond motifs is 1. The van der Waals surface area contributed by atoms with E-state index in [9.17, 15) is 4.79 Å². The fourth-order valence-corrected chi connectivity index (χ4v) is 2.39. The van der Waals surface area contributed by atoms with Gasteiger partial charge >= 0.3 is 0 Å². The van der Waals surface area contributed by atoms with Crippen molar-refractivity contribution < 1.29 is 4.79 Å². The number of aryl methyl sites for hydroxylation is 1. The maximum atomic E-state index is 10.9. The second-order valence-electron chi connectivity index (χ2n) is 5.02. The van der Waals surface area contributed by atoms with Crippen LogP contribution in [0, 0.1) is 5.92 Å². The molecule has 0 fully saturated rings. The molecule has 0 aliphatic rings. The normalized spacial score (nSPS) is 12.6. The van der Waals surface area contributed by atoms with Crippen molar-refractivity contribution in [2.45, 2.75) is 20.3 Å². The van der Waals surface area contributed by atoms with Crippen molar-refractivity contribution in [2.24, 2.45) is 13.0 Å². The van der Waals surface area contributed by atoms with Gasteiger partial charge in [-0.1, -0.05) is 24.6 Å². The van der Waals surface area contributed by atoms with Gasteiger partial charge in [0.05, 0.1) is 5.02 Å². The van der Waals surface area contributed by atoms with Crippen molar-refractivity contribution >= 4 is 28.4 Å². The third kappa shape index (κ3) is 3.26. The van der Waals surface area contributed by atoms with Crippen molar-refractivity contribution in [2.75, 3.05) is 6.54 Å². The number of amides is 1. The monoisotopic (exact) mass is 279 g/mol. The lowest BCUT2D eigenvalue weighted by Crippen LogP contribution is -2.26. The van der Waals surface area contributed by atoms with Crippen LogP contribution in [0.1, 0.15) is 19.4 Å². The first-order valence-corrected chi connectivity index (χ1v) is 6.70. The highest BCUT2D eigenvalue weighted by Gasteiger charge is 2.11. The van der Waals surface area contributed by atoms with E-state index in [0.717, 1.165) is 17.3 Å². The van der Waals surface area contributed by atoms with E-state index in [1.54, 1.807) is 4.68 Å². The summed E-state index contributed by atoms with van der Waals surface area (Å²) in [6.07, 6.45) is 2.88. The largest absolute Gasteiger partial charge is 0.356 e. The number of nitrogens with one attached hydrogen (secondary N) is 1. The Balaban J connectivity index is 2.21. The highest BCUT2D eigenvalue weighted by atomic mass is 35.5. The lowest BCUT2D eigenvalue weighted by atomic mass is 9.98. The number of rotatable bonds is 4. The Kier molecular flexibility index (Phi) is 4.10. The number of carbonyl (C=O) groups excluding carboxylic acids is 1. The van der Waals surface area contributed by atoms with E-state index in [-0.39, 0.29) is 5.91 Å². The van der Waals surface area contributed by atoms with Crippen molar-refractivity contribution in [1.29, 1.82) is 0 Å². The molecule has 0 saturated carbocycles. The molecule has 0 spiro atoms. The van der Waals surface area contributed by atoms with E-state index in [1.807, 2.05) is 25.4 Å². The summed E-state index contributed by atoms with van der Waals surface area (Å²) in [5, 5.41) is 8.98. The average molecular weight is 280 g/mol. The minimum absolute atomic E-state index is 0.00878. The van der Waals surface area contributed by atoms with E-state index in [1.165, 1.54) is 12.5 Å². The van der Waals surface area contributed by atoms with Gasteiger partial charge in [-0.2, -0.15) is 5.10 Å². The van der Waals surface area contributed by atoms with Crippen molar-refractivity contribution in [3.8, 4) is 0 Å². The lowest BCUT2D eigenvalue weighted by Gasteiger charge is -2.12. The molecule has 0 aliphatic carbocycles. The van der Waals surface area contributed by atoms with Crippen molar-refractivity contribution in [3.05, 3.63) is 28.9 Å². The number of nitrogens with zero attached hydrogens (tertiary/aromatic N) is 2. The minimum Gasteiger partial charge on any atom is -0.356 e. The number of benzene rings is 1. The highest BCUT2D eigenvalue weighted by molar-refractivity contribution is 6.35. The van der Waals surface area contributed by atoms with Gasteiger partial charge in [0.15, 0.2) is 0 Å². The second kappa shape index (κ2) is 5.61. The minimum atomic E-state index is 0.00878. The first-order chi connectivity index (χ1) is 8.97. The summed E-state index contributed by atoms with van der Waals surface area (Å²) in [5.74, 6) is 0.378. The molecule has 5 heteroatoms. The molecule has 1 aromatic carbocycles. The Morgan fingerprint density at radius 2 is 2.26 bits per heavy atom. The highest BCUT2D eigenvalue weighted by Crippen LogP contribution is 2.26. The topological polar surface area (TPSA) is 46.9 Å². The summed E-state index contributed by atoms with van der Waals surface area (Å²) in [7, 11) is 1.89. The third-order valence-corrected chi connectivity index (χ3v) is 3.40. The molecule has 1 amide bonds. The van der Waals surface area contributed by atoms with Crippen LogP contribution in [0.5, 0.6) is 0 Å². The molecule has 0 aliphatic heterocycles. The predicted molar refractivity (Wildman–Crippen MR) is 77.3 cm³/mol. The van der Waals surface area contributed by atoms with Crippen LogP contribution in [0.3, 0.4) is 0 Å². The molecule has 2 rings (SSSR count). The van der Waals surface area contributed by atoms with E-state index in [4.69, 9.17) is 11.6 Å². The maximum absolute atomic E-state index is 10.9. The molecule has 1 unspecified atom stereocenters. The van der Waals surface area contributed by atoms with Gasteiger partial charge < -0.3 is 5.32 Å². The summed E-state index contributed by atoms with van der Waals surface area (Å²) in [6.45, 7) is 4.33. The fraction of sp³-hybridized carbons (Fsp3) is 0.429. The third-order valence-electron chi connectivity index (χ3n) is 3.10. The molecule has 4 nitrogen and oxygen atoms in total. The van der Waals surface area contributed by atoms with Gasteiger partial charge in [-0.25, -0.2) is 0 Å². The molecule has 0 radical (unpaired) electrons. The molecular formula is C14H18ClN3O. The van der Waals surface area contributed by atoms with Gasteiger partial charge in [-0.15, -0.1) is 0 Å². The van der Waals surface area contributed by atoms with Gasteiger partial charge in [0.2, 0.25) is 5.91 Å². The molecule has 0 bridgehead atoms. The molecule has 1 heterocycles. The van der Waals surface area contributed by atoms with Crippen LogP contribution in [0.15, 0.2) is 18.3 Å². The number of hydrogen-bond acceptors (Lipinski definition) is 2. The molecular weight excluding hydrogens is 262 g/mol. The van der Waals surface area contributed by atoms with E-state index in [0.29, 0.717) is 17.5 Å². The van der Waals surface area contributed by atoms with Crippen molar-refractivity contribution in [1.82, 2.24) is 15.1 Å². The first-order valence-electron chi connectivity index (χ1n) is 6.32. The summed E-state index contributed by atoms with van der Waals surface area (Å²) >= 11 is 6.15. The molecule has 0 saturated heterocycles. The summed E-state index contributed by atoms with van der Waals surface area (Å²) in [4.78, 5) is 10.9. The van der Waals surface area contributed by atoms with Crippen LogP contribution in [-0.2, 0) is 18.3 Å². The summed E-state index contributed by atoms with van der Waals surface area (Å²) < 4.78 is 1.78. The van der Waals surface area contributed by atoms with Crippen LogP contribution in [0.2, 0.25) is 5.02 Å². The lowest BCUT2D eigenvalue weighted by molar-refractivity contribution is -0.119. The zero-order valence-electron chi connectivity index (χ0n) is 11.4. The number of aromatic nitrogens is 2. The Morgan fingerprint density at radius 1 is 1.53 bits per heavy atom.